The number of benzene rings is 2. The van der Waals surface area contributed by atoms with Gasteiger partial charge in [-0.3, -0.25) is 9.78 Å². The summed E-state index contributed by atoms with van der Waals surface area (Å²) < 4.78 is 51.7. The summed E-state index contributed by atoms with van der Waals surface area (Å²) >= 11 is 0. The number of hydrogen-bond acceptors (Lipinski definition) is 5. The summed E-state index contributed by atoms with van der Waals surface area (Å²) in [5, 5.41) is 5.14. The Morgan fingerprint density at radius 2 is 1.79 bits per heavy atom. The van der Waals surface area contributed by atoms with E-state index in [1.54, 1.807) is 4.90 Å². The van der Waals surface area contributed by atoms with E-state index in [0.717, 1.165) is 17.8 Å². The van der Waals surface area contributed by atoms with Gasteiger partial charge in [-0.1, -0.05) is 12.1 Å². The van der Waals surface area contributed by atoms with Gasteiger partial charge in [0, 0.05) is 48.5 Å². The Morgan fingerprint density at radius 3 is 2.44 bits per heavy atom. The number of nitrogens with two attached hydrogens (primary N) is 1. The molecule has 1 fully saturated rings. The van der Waals surface area contributed by atoms with Gasteiger partial charge in [-0.25, -0.2) is 22.3 Å². The molecule has 34 heavy (non-hydrogen) atoms. The van der Waals surface area contributed by atoms with Crippen molar-refractivity contribution in [3.05, 3.63) is 72.1 Å². The van der Waals surface area contributed by atoms with Gasteiger partial charge in [0.1, 0.15) is 16.5 Å². The quantitative estimate of drug-likeness (QED) is 0.614. The van der Waals surface area contributed by atoms with Crippen LogP contribution >= 0.6 is 0 Å². The molecule has 2 aliphatic rings. The smallest absolute Gasteiger partial charge is 0.241 e. The van der Waals surface area contributed by atoms with Crippen LogP contribution in [0.25, 0.3) is 11.1 Å². The molecule has 3 heterocycles. The van der Waals surface area contributed by atoms with Crippen LogP contribution in [0, 0.1) is 17.6 Å². The monoisotopic (exact) mass is 484 g/mol. The van der Waals surface area contributed by atoms with Crippen molar-refractivity contribution in [3.63, 3.8) is 0 Å². The number of nitrogens with zero attached hydrogens (tertiary/aromatic N) is 3. The van der Waals surface area contributed by atoms with E-state index >= 15 is 0 Å². The molecule has 10 heteroatoms. The average molecular weight is 485 g/mol. The van der Waals surface area contributed by atoms with E-state index in [-0.39, 0.29) is 23.7 Å². The van der Waals surface area contributed by atoms with Crippen LogP contribution in [0.3, 0.4) is 0 Å². The highest BCUT2D eigenvalue weighted by Crippen LogP contribution is 2.38. The average Bonchev–Trinajstić information content (AvgIpc) is 3.06. The maximum Gasteiger partial charge on any atom is 0.241 e. The molecule has 0 aliphatic carbocycles. The van der Waals surface area contributed by atoms with Gasteiger partial charge in [0.25, 0.3) is 0 Å². The first-order chi connectivity index (χ1) is 16.1. The van der Waals surface area contributed by atoms with Crippen LogP contribution < -0.4 is 14.9 Å². The van der Waals surface area contributed by atoms with Crippen LogP contribution in [0.2, 0.25) is 0 Å². The highest BCUT2D eigenvalue weighted by molar-refractivity contribution is 7.89. The van der Waals surface area contributed by atoms with Gasteiger partial charge in [-0.15, -0.1) is 0 Å². The number of primary sulfonamides is 1. The van der Waals surface area contributed by atoms with Crippen LogP contribution in [-0.2, 0) is 21.2 Å². The molecular formula is C24H22F2N4O3S. The summed E-state index contributed by atoms with van der Waals surface area (Å²) in [5.74, 6) is -1.68. The van der Waals surface area contributed by atoms with E-state index in [1.165, 1.54) is 18.5 Å². The largest absolute Gasteiger partial charge is 0.370 e. The number of rotatable bonds is 4. The molecular weight excluding hydrogens is 462 g/mol. The molecule has 3 aromatic rings. The van der Waals surface area contributed by atoms with Crippen molar-refractivity contribution >= 4 is 27.3 Å². The molecule has 1 aromatic heterocycles. The molecule has 0 saturated carbocycles. The summed E-state index contributed by atoms with van der Waals surface area (Å²) in [4.78, 5) is 20.2. The van der Waals surface area contributed by atoms with Gasteiger partial charge in [-0.05, 0) is 54.8 Å². The molecule has 176 valence electrons. The third-order valence-electron chi connectivity index (χ3n) is 6.43. The van der Waals surface area contributed by atoms with Crippen molar-refractivity contribution in [2.45, 2.75) is 24.3 Å². The van der Waals surface area contributed by atoms with Crippen molar-refractivity contribution in [1.82, 2.24) is 4.98 Å². The number of sulfonamides is 1. The van der Waals surface area contributed by atoms with Gasteiger partial charge in [0.2, 0.25) is 15.9 Å². The lowest BCUT2D eigenvalue weighted by Gasteiger charge is -2.42. The second kappa shape index (κ2) is 8.14. The van der Waals surface area contributed by atoms with Crippen LogP contribution in [0.1, 0.15) is 12.5 Å². The van der Waals surface area contributed by atoms with Crippen molar-refractivity contribution in [3.8, 4) is 11.1 Å². The Kier molecular flexibility index (Phi) is 5.37. The molecule has 1 atom stereocenters. The number of aromatic nitrogens is 1. The molecule has 0 radical (unpaired) electrons. The second-order valence-electron chi connectivity index (χ2n) is 8.72. The first kappa shape index (κ1) is 22.4. The Balaban J connectivity index is 1.31. The minimum Gasteiger partial charge on any atom is -0.370 e. The van der Waals surface area contributed by atoms with Gasteiger partial charge in [0.05, 0.1) is 5.92 Å². The maximum absolute atomic E-state index is 14.2. The van der Waals surface area contributed by atoms with Crippen molar-refractivity contribution < 1.29 is 22.0 Å². The van der Waals surface area contributed by atoms with E-state index < -0.39 is 20.7 Å². The lowest BCUT2D eigenvalue weighted by atomic mass is 9.96. The zero-order valence-electron chi connectivity index (χ0n) is 18.3. The number of hydrogen-bond donors (Lipinski definition) is 1. The lowest BCUT2D eigenvalue weighted by Crippen LogP contribution is -2.55. The molecule has 0 unspecified atom stereocenters. The predicted molar refractivity (Wildman–Crippen MR) is 124 cm³/mol. The van der Waals surface area contributed by atoms with Gasteiger partial charge < -0.3 is 9.80 Å². The van der Waals surface area contributed by atoms with Crippen LogP contribution in [0.15, 0.2) is 59.8 Å². The summed E-state index contributed by atoms with van der Waals surface area (Å²) in [5.41, 5.74) is 3.01. The molecule has 2 N–H and O–H groups in total. The van der Waals surface area contributed by atoms with Crippen LogP contribution in [-0.4, -0.2) is 38.4 Å². The zero-order chi connectivity index (χ0) is 24.2. The zero-order valence-corrected chi connectivity index (χ0v) is 19.1. The third-order valence-corrected chi connectivity index (χ3v) is 7.36. The SMILES string of the molecule is C[C@H]1Cc2cc(F)c(S(N)(=O)=O)cc2N1C(=O)C1CN(c2ccc(-c3cnccc3F)cc2)C1. The number of anilines is 2. The van der Waals surface area contributed by atoms with Crippen LogP contribution in [0.4, 0.5) is 20.2 Å². The Bertz CT molecular complexity index is 1390. The second-order valence-corrected chi connectivity index (χ2v) is 10.3. The van der Waals surface area contributed by atoms with Gasteiger partial charge in [-0.2, -0.15) is 0 Å². The van der Waals surface area contributed by atoms with Crippen molar-refractivity contribution in [2.24, 2.45) is 11.1 Å². The molecule has 1 amide bonds. The molecule has 0 bridgehead atoms. The fourth-order valence-electron chi connectivity index (χ4n) is 4.66. The van der Waals surface area contributed by atoms with E-state index in [9.17, 15) is 22.0 Å². The van der Waals surface area contributed by atoms with Crippen molar-refractivity contribution in [1.29, 1.82) is 0 Å². The number of halogens is 2. The molecule has 7 nitrogen and oxygen atoms in total. The summed E-state index contributed by atoms with van der Waals surface area (Å²) in [7, 11) is -4.25. The normalized spacial score (nSPS) is 18.1. The first-order valence-corrected chi connectivity index (χ1v) is 12.3. The molecule has 0 spiro atoms. The van der Waals surface area contributed by atoms with Gasteiger partial charge >= 0.3 is 0 Å². The highest BCUT2D eigenvalue weighted by atomic mass is 32.2. The number of pyridine rings is 1. The fraction of sp³-hybridized carbons (Fsp3) is 0.250. The summed E-state index contributed by atoms with van der Waals surface area (Å²) in [6.45, 7) is 2.82. The predicted octanol–water partition coefficient (Wildman–Crippen LogP) is 3.09. The van der Waals surface area contributed by atoms with Gasteiger partial charge in [0.15, 0.2) is 0 Å². The highest BCUT2D eigenvalue weighted by Gasteiger charge is 2.41. The molecule has 1 saturated heterocycles. The number of carbonyl (C=O) groups is 1. The number of carbonyl (C=O) groups excluding carboxylic acids is 1. The molecule has 2 aliphatic heterocycles. The Labute approximate surface area is 195 Å². The topological polar surface area (TPSA) is 96.6 Å². The fourth-order valence-corrected chi connectivity index (χ4v) is 5.26. The summed E-state index contributed by atoms with van der Waals surface area (Å²) in [6, 6.07) is 10.8. The third kappa shape index (κ3) is 3.82. The minimum absolute atomic E-state index is 0.136. The lowest BCUT2D eigenvalue weighted by molar-refractivity contribution is -0.123. The van der Waals surface area contributed by atoms with E-state index in [4.69, 9.17) is 5.14 Å². The minimum atomic E-state index is -4.25. The van der Waals surface area contributed by atoms with E-state index in [0.29, 0.717) is 41.9 Å². The maximum atomic E-state index is 14.2. The Morgan fingerprint density at radius 1 is 1.09 bits per heavy atom. The van der Waals surface area contributed by atoms with Crippen molar-refractivity contribution in [2.75, 3.05) is 22.9 Å². The number of amides is 1. The standard InChI is InChI=1S/C24H22F2N4O3S/c1-14-8-16-9-21(26)23(34(27,32)33)10-22(16)30(14)24(31)17-12-29(13-17)18-4-2-15(3-5-18)19-11-28-7-6-20(19)25/h2-7,9-11,14,17H,8,12-13H2,1H3,(H2,27,32,33)/t14-/m0/s1. The first-order valence-electron chi connectivity index (χ1n) is 10.8. The van der Waals surface area contributed by atoms with Crippen LogP contribution in [0.5, 0.6) is 0 Å². The van der Waals surface area contributed by atoms with E-state index in [2.05, 4.69) is 4.98 Å². The molecule has 2 aromatic carbocycles. The Hall–Kier alpha value is -3.37. The number of fused-ring (bicyclic) bond motifs is 1. The summed E-state index contributed by atoms with van der Waals surface area (Å²) in [6.07, 6.45) is 3.31. The molecule has 5 rings (SSSR count). The van der Waals surface area contributed by atoms with E-state index in [1.807, 2.05) is 36.1 Å².